The molecule has 5 nitrogen and oxygen atoms in total. The fourth-order valence-electron chi connectivity index (χ4n) is 2.43. The summed E-state index contributed by atoms with van der Waals surface area (Å²) in [4.78, 5) is 19.1. The average molecular weight is 306 g/mol. The predicted molar refractivity (Wildman–Crippen MR) is 85.5 cm³/mol. The van der Waals surface area contributed by atoms with Crippen molar-refractivity contribution in [2.75, 3.05) is 0 Å². The van der Waals surface area contributed by atoms with Crippen LogP contribution in [0.5, 0.6) is 0 Å². The van der Waals surface area contributed by atoms with Gasteiger partial charge in [-0.2, -0.15) is 0 Å². The van der Waals surface area contributed by atoms with Crippen molar-refractivity contribution in [3.05, 3.63) is 72.8 Å². The number of hydrogen-bond acceptors (Lipinski definition) is 4. The molecule has 114 valence electrons. The van der Waals surface area contributed by atoms with Crippen LogP contribution in [0.15, 0.2) is 67.3 Å². The van der Waals surface area contributed by atoms with E-state index < -0.39 is 12.1 Å². The highest BCUT2D eigenvalue weighted by molar-refractivity contribution is 5.85. The second-order valence-corrected chi connectivity index (χ2v) is 5.02. The second kappa shape index (κ2) is 6.37. The summed E-state index contributed by atoms with van der Waals surface area (Å²) in [5.74, 6) is -1.28. The van der Waals surface area contributed by atoms with Crippen LogP contribution in [0, 0.1) is 0 Å². The van der Waals surface area contributed by atoms with E-state index in [1.807, 2.05) is 30.3 Å². The first-order valence-corrected chi connectivity index (χ1v) is 7.02. The minimum Gasteiger partial charge on any atom is -0.479 e. The van der Waals surface area contributed by atoms with Crippen LogP contribution in [0.2, 0.25) is 0 Å². The van der Waals surface area contributed by atoms with E-state index in [-0.39, 0.29) is 0 Å². The third kappa shape index (κ3) is 3.09. The molecule has 1 atom stereocenters. The van der Waals surface area contributed by atoms with Gasteiger partial charge in [0.2, 0.25) is 0 Å². The highest BCUT2D eigenvalue weighted by Gasteiger charge is 2.18. The van der Waals surface area contributed by atoms with Gasteiger partial charge in [-0.3, -0.25) is 9.97 Å². The molecule has 0 radical (unpaired) electrons. The monoisotopic (exact) mass is 306 g/mol. The molecule has 3 rings (SSSR count). The van der Waals surface area contributed by atoms with Gasteiger partial charge >= 0.3 is 5.97 Å². The molecule has 0 spiro atoms. The molecule has 0 saturated carbocycles. The Labute approximate surface area is 132 Å². The lowest BCUT2D eigenvalue weighted by atomic mass is 9.92. The molecule has 0 bridgehead atoms. The van der Waals surface area contributed by atoms with Crippen LogP contribution in [0.3, 0.4) is 0 Å². The number of aliphatic carboxylic acids is 1. The van der Waals surface area contributed by atoms with Gasteiger partial charge in [0.15, 0.2) is 6.10 Å². The molecular weight excluding hydrogens is 292 g/mol. The lowest BCUT2D eigenvalue weighted by molar-refractivity contribution is -0.146. The van der Waals surface area contributed by atoms with Crippen LogP contribution in [0.1, 0.15) is 11.7 Å². The standard InChI is InChI=1S/C18H14N2O3/c21-17(18(22)23)14-1-2-15(12-3-7-19-8-4-12)16(11-14)13-5-9-20-10-6-13/h1-11,17,21H,(H,22,23). The number of aliphatic hydroxyl groups excluding tert-OH is 1. The summed E-state index contributed by atoms with van der Waals surface area (Å²) in [6.07, 6.45) is 5.19. The van der Waals surface area contributed by atoms with Crippen LogP contribution in [-0.2, 0) is 4.79 Å². The first-order valence-electron chi connectivity index (χ1n) is 7.02. The molecule has 0 aliphatic rings. The summed E-state index contributed by atoms with van der Waals surface area (Å²) in [5, 5.41) is 18.8. The van der Waals surface area contributed by atoms with Crippen LogP contribution in [0.4, 0.5) is 0 Å². The molecular formula is C18H14N2O3. The van der Waals surface area contributed by atoms with Gasteiger partial charge in [0.05, 0.1) is 0 Å². The van der Waals surface area contributed by atoms with E-state index in [0.29, 0.717) is 5.56 Å². The molecule has 3 aromatic rings. The zero-order valence-corrected chi connectivity index (χ0v) is 12.1. The fourth-order valence-corrected chi connectivity index (χ4v) is 2.43. The number of pyridine rings is 2. The average Bonchev–Trinajstić information content (AvgIpc) is 2.62. The highest BCUT2D eigenvalue weighted by atomic mass is 16.4. The van der Waals surface area contributed by atoms with Crippen molar-refractivity contribution in [3.63, 3.8) is 0 Å². The van der Waals surface area contributed by atoms with Crippen molar-refractivity contribution < 1.29 is 15.0 Å². The smallest absolute Gasteiger partial charge is 0.337 e. The van der Waals surface area contributed by atoms with Gasteiger partial charge in [0, 0.05) is 24.8 Å². The van der Waals surface area contributed by atoms with E-state index in [1.54, 1.807) is 36.9 Å². The normalized spacial score (nSPS) is 11.9. The molecule has 0 fully saturated rings. The van der Waals surface area contributed by atoms with Crippen molar-refractivity contribution in [2.45, 2.75) is 6.10 Å². The number of carboxylic acids is 1. The first kappa shape index (κ1) is 14.9. The van der Waals surface area contributed by atoms with Gasteiger partial charge in [-0.25, -0.2) is 4.79 Å². The number of rotatable bonds is 4. The lowest BCUT2D eigenvalue weighted by Crippen LogP contribution is -2.10. The van der Waals surface area contributed by atoms with Crippen molar-refractivity contribution in [1.29, 1.82) is 0 Å². The third-order valence-electron chi connectivity index (χ3n) is 3.58. The summed E-state index contributed by atoms with van der Waals surface area (Å²) in [6, 6.07) is 12.6. The Balaban J connectivity index is 2.19. The molecule has 2 N–H and O–H groups in total. The number of hydrogen-bond donors (Lipinski definition) is 2. The molecule has 5 heteroatoms. The van der Waals surface area contributed by atoms with Crippen LogP contribution in [0.25, 0.3) is 22.3 Å². The zero-order chi connectivity index (χ0) is 16.2. The Morgan fingerprint density at radius 2 is 1.35 bits per heavy atom. The maximum absolute atomic E-state index is 11.0. The molecule has 0 aliphatic heterocycles. The number of carbonyl (C=O) groups is 1. The molecule has 0 saturated heterocycles. The van der Waals surface area contributed by atoms with Gasteiger partial charge < -0.3 is 10.2 Å². The van der Waals surface area contributed by atoms with Crippen LogP contribution < -0.4 is 0 Å². The van der Waals surface area contributed by atoms with Crippen molar-refractivity contribution >= 4 is 5.97 Å². The van der Waals surface area contributed by atoms with E-state index in [0.717, 1.165) is 22.3 Å². The molecule has 2 aromatic heterocycles. The maximum Gasteiger partial charge on any atom is 0.337 e. The van der Waals surface area contributed by atoms with Gasteiger partial charge in [-0.05, 0) is 58.1 Å². The SMILES string of the molecule is O=C(O)C(O)c1ccc(-c2ccncc2)c(-c2ccncc2)c1. The minimum atomic E-state index is -1.55. The van der Waals surface area contributed by atoms with Gasteiger partial charge in [-0.1, -0.05) is 12.1 Å². The summed E-state index contributed by atoms with van der Waals surface area (Å²) in [7, 11) is 0. The van der Waals surface area contributed by atoms with E-state index in [1.165, 1.54) is 0 Å². The molecule has 23 heavy (non-hydrogen) atoms. The quantitative estimate of drug-likeness (QED) is 0.774. The van der Waals surface area contributed by atoms with E-state index in [9.17, 15) is 9.90 Å². The van der Waals surface area contributed by atoms with Crippen molar-refractivity contribution in [3.8, 4) is 22.3 Å². The largest absolute Gasteiger partial charge is 0.479 e. The molecule has 1 unspecified atom stereocenters. The van der Waals surface area contributed by atoms with Gasteiger partial charge in [-0.15, -0.1) is 0 Å². The molecule has 0 amide bonds. The van der Waals surface area contributed by atoms with E-state index in [2.05, 4.69) is 9.97 Å². The molecule has 2 heterocycles. The Morgan fingerprint density at radius 1 is 0.826 bits per heavy atom. The first-order chi connectivity index (χ1) is 11.2. The number of aliphatic hydroxyl groups is 1. The van der Waals surface area contributed by atoms with E-state index in [4.69, 9.17) is 5.11 Å². The summed E-state index contributed by atoms with van der Waals surface area (Å²) < 4.78 is 0. The number of nitrogens with zero attached hydrogens (tertiary/aromatic N) is 2. The Hall–Kier alpha value is -3.05. The number of aromatic nitrogens is 2. The molecule has 1 aromatic carbocycles. The Morgan fingerprint density at radius 3 is 1.87 bits per heavy atom. The summed E-state index contributed by atoms with van der Waals surface area (Å²) in [5.41, 5.74) is 3.95. The van der Waals surface area contributed by atoms with Crippen LogP contribution in [-0.4, -0.2) is 26.2 Å². The van der Waals surface area contributed by atoms with Crippen molar-refractivity contribution in [2.24, 2.45) is 0 Å². The van der Waals surface area contributed by atoms with Gasteiger partial charge in [0.1, 0.15) is 0 Å². The second-order valence-electron chi connectivity index (χ2n) is 5.02. The Kier molecular flexibility index (Phi) is 4.12. The van der Waals surface area contributed by atoms with Gasteiger partial charge in [0.25, 0.3) is 0 Å². The summed E-state index contributed by atoms with van der Waals surface area (Å²) in [6.45, 7) is 0. The minimum absolute atomic E-state index is 0.335. The molecule has 0 aliphatic carbocycles. The number of benzene rings is 1. The fraction of sp³-hybridized carbons (Fsp3) is 0.0556. The van der Waals surface area contributed by atoms with E-state index >= 15 is 0 Å². The van der Waals surface area contributed by atoms with Crippen molar-refractivity contribution in [1.82, 2.24) is 9.97 Å². The third-order valence-corrected chi connectivity index (χ3v) is 3.58. The number of carboxylic acid groups (broad SMARTS) is 1. The predicted octanol–water partition coefficient (Wildman–Crippen LogP) is 2.93. The maximum atomic E-state index is 11.0. The highest BCUT2D eigenvalue weighted by Crippen LogP contribution is 2.33. The summed E-state index contributed by atoms with van der Waals surface area (Å²) >= 11 is 0. The zero-order valence-electron chi connectivity index (χ0n) is 12.1. The van der Waals surface area contributed by atoms with Crippen LogP contribution >= 0.6 is 0 Å². The topological polar surface area (TPSA) is 83.3 Å². The lowest BCUT2D eigenvalue weighted by Gasteiger charge is -2.14. The Bertz CT molecular complexity index is 820.